The molecule has 0 amide bonds. The molecule has 2 heterocycles. The second kappa shape index (κ2) is 8.10. The van der Waals surface area contributed by atoms with Crippen LogP contribution in [0.15, 0.2) is 18.3 Å². The van der Waals surface area contributed by atoms with Gasteiger partial charge in [-0.05, 0) is 45.7 Å². The highest BCUT2D eigenvalue weighted by molar-refractivity contribution is 5.42. The molecule has 2 rings (SSSR count). The largest absolute Gasteiger partial charge is 0.478 e. The molecule has 0 aliphatic carbocycles. The number of nitrogens with zero attached hydrogens (tertiary/aromatic N) is 1. The number of nitrogens with one attached hydrogen (secondary N) is 2. The second-order valence-electron chi connectivity index (χ2n) is 5.60. The maximum atomic E-state index is 5.35. The maximum absolute atomic E-state index is 5.35. The summed E-state index contributed by atoms with van der Waals surface area (Å²) < 4.78 is 5.35. The Bertz CT molecular complexity index is 372. The van der Waals surface area contributed by atoms with E-state index < -0.39 is 0 Å². The summed E-state index contributed by atoms with van der Waals surface area (Å²) in [6.07, 6.45) is 8.35. The zero-order chi connectivity index (χ0) is 14.2. The fourth-order valence-electron chi connectivity index (χ4n) is 2.77. The number of aromatic nitrogens is 1. The monoisotopic (exact) mass is 277 g/mol. The van der Waals surface area contributed by atoms with E-state index in [0.29, 0.717) is 24.6 Å². The number of pyridine rings is 1. The summed E-state index contributed by atoms with van der Waals surface area (Å²) in [7, 11) is 0. The van der Waals surface area contributed by atoms with Gasteiger partial charge in [-0.15, -0.1) is 0 Å². The van der Waals surface area contributed by atoms with Gasteiger partial charge < -0.3 is 15.4 Å². The summed E-state index contributed by atoms with van der Waals surface area (Å²) in [5, 5.41) is 7.17. The summed E-state index contributed by atoms with van der Waals surface area (Å²) in [6, 6.07) is 5.05. The van der Waals surface area contributed by atoms with Crippen molar-refractivity contribution in [2.45, 2.75) is 58.0 Å². The van der Waals surface area contributed by atoms with Crippen LogP contribution in [0.25, 0.3) is 0 Å². The Hall–Kier alpha value is -1.29. The lowest BCUT2D eigenvalue weighted by Crippen LogP contribution is -2.33. The highest BCUT2D eigenvalue weighted by atomic mass is 16.5. The molecule has 1 saturated heterocycles. The first-order valence-electron chi connectivity index (χ1n) is 7.86. The Morgan fingerprint density at radius 3 is 3.05 bits per heavy atom. The van der Waals surface area contributed by atoms with Crippen LogP contribution in [0, 0.1) is 0 Å². The molecule has 2 N–H and O–H groups in total. The third-order valence-electron chi connectivity index (χ3n) is 3.74. The molecular formula is C16H27N3O. The molecule has 4 heteroatoms. The fraction of sp³-hybridized carbons (Fsp3) is 0.688. The molecule has 1 aliphatic rings. The molecule has 4 nitrogen and oxygen atoms in total. The van der Waals surface area contributed by atoms with Crippen LogP contribution in [-0.2, 0) is 0 Å². The van der Waals surface area contributed by atoms with Gasteiger partial charge in [0.2, 0.25) is 5.88 Å². The van der Waals surface area contributed by atoms with E-state index in [9.17, 15) is 0 Å². The van der Waals surface area contributed by atoms with Gasteiger partial charge in [-0.3, -0.25) is 0 Å². The van der Waals surface area contributed by atoms with Crippen molar-refractivity contribution < 1.29 is 4.74 Å². The molecule has 1 aromatic heterocycles. The number of ether oxygens (including phenoxy) is 1. The second-order valence-corrected chi connectivity index (χ2v) is 5.60. The first kappa shape index (κ1) is 15.1. The van der Waals surface area contributed by atoms with Gasteiger partial charge in [0.15, 0.2) is 0 Å². The smallest absolute Gasteiger partial charge is 0.213 e. The molecule has 2 unspecified atom stereocenters. The van der Waals surface area contributed by atoms with E-state index in [1.54, 1.807) is 0 Å². The van der Waals surface area contributed by atoms with E-state index in [0.717, 1.165) is 12.1 Å². The standard InChI is InChI=1S/C16H27N3O/c1-3-20-16-9-8-15(12-18-16)19-13(2)11-14-7-5-4-6-10-17-14/h8-9,12-14,17,19H,3-7,10-11H2,1-2H3. The average molecular weight is 277 g/mol. The van der Waals surface area contributed by atoms with Gasteiger partial charge in [-0.1, -0.05) is 12.8 Å². The van der Waals surface area contributed by atoms with Crippen LogP contribution in [0.1, 0.15) is 46.0 Å². The molecule has 112 valence electrons. The van der Waals surface area contributed by atoms with E-state index in [1.807, 2.05) is 25.3 Å². The van der Waals surface area contributed by atoms with Gasteiger partial charge in [0.25, 0.3) is 0 Å². The van der Waals surface area contributed by atoms with Crippen LogP contribution in [0.3, 0.4) is 0 Å². The van der Waals surface area contributed by atoms with Crippen molar-refractivity contribution in [3.05, 3.63) is 18.3 Å². The fourth-order valence-corrected chi connectivity index (χ4v) is 2.77. The van der Waals surface area contributed by atoms with Gasteiger partial charge in [-0.25, -0.2) is 4.98 Å². The van der Waals surface area contributed by atoms with Gasteiger partial charge in [0, 0.05) is 18.2 Å². The highest BCUT2D eigenvalue weighted by Gasteiger charge is 2.14. The quantitative estimate of drug-likeness (QED) is 0.838. The van der Waals surface area contributed by atoms with Crippen molar-refractivity contribution >= 4 is 5.69 Å². The normalized spacial score (nSPS) is 21.0. The summed E-state index contributed by atoms with van der Waals surface area (Å²) >= 11 is 0. The third-order valence-corrected chi connectivity index (χ3v) is 3.74. The van der Waals surface area contributed by atoms with E-state index in [1.165, 1.54) is 32.2 Å². The molecule has 0 bridgehead atoms. The summed E-state index contributed by atoms with van der Waals surface area (Å²) in [5.41, 5.74) is 1.06. The Balaban J connectivity index is 1.79. The molecule has 0 saturated carbocycles. The molecule has 1 aromatic rings. The zero-order valence-corrected chi connectivity index (χ0v) is 12.7. The van der Waals surface area contributed by atoms with Crippen molar-refractivity contribution in [2.75, 3.05) is 18.5 Å². The van der Waals surface area contributed by atoms with Crippen molar-refractivity contribution in [1.29, 1.82) is 0 Å². The van der Waals surface area contributed by atoms with E-state index >= 15 is 0 Å². The van der Waals surface area contributed by atoms with Crippen molar-refractivity contribution in [2.24, 2.45) is 0 Å². The van der Waals surface area contributed by atoms with Crippen LogP contribution in [0.4, 0.5) is 5.69 Å². The Labute approximate surface area is 122 Å². The van der Waals surface area contributed by atoms with Gasteiger partial charge in [0.05, 0.1) is 18.5 Å². The highest BCUT2D eigenvalue weighted by Crippen LogP contribution is 2.16. The van der Waals surface area contributed by atoms with Gasteiger partial charge >= 0.3 is 0 Å². The van der Waals surface area contributed by atoms with Crippen molar-refractivity contribution in [1.82, 2.24) is 10.3 Å². The number of hydrogen-bond acceptors (Lipinski definition) is 4. The van der Waals surface area contributed by atoms with Gasteiger partial charge in [0.1, 0.15) is 0 Å². The SMILES string of the molecule is CCOc1ccc(NC(C)CC2CCCCCN2)cn1. The maximum Gasteiger partial charge on any atom is 0.213 e. The Kier molecular flexibility index (Phi) is 6.12. The zero-order valence-electron chi connectivity index (χ0n) is 12.7. The summed E-state index contributed by atoms with van der Waals surface area (Å²) in [5.74, 6) is 0.691. The predicted molar refractivity (Wildman–Crippen MR) is 83.4 cm³/mol. The van der Waals surface area contributed by atoms with Crippen LogP contribution < -0.4 is 15.4 Å². The minimum Gasteiger partial charge on any atom is -0.478 e. The molecular weight excluding hydrogens is 250 g/mol. The van der Waals surface area contributed by atoms with E-state index in [-0.39, 0.29) is 0 Å². The molecule has 0 spiro atoms. The number of anilines is 1. The van der Waals surface area contributed by atoms with Crippen molar-refractivity contribution in [3.8, 4) is 5.88 Å². The molecule has 20 heavy (non-hydrogen) atoms. The molecule has 1 aliphatic heterocycles. The topological polar surface area (TPSA) is 46.2 Å². The summed E-state index contributed by atoms with van der Waals surface area (Å²) in [4.78, 5) is 4.28. The Morgan fingerprint density at radius 2 is 2.30 bits per heavy atom. The molecule has 2 atom stereocenters. The number of hydrogen-bond donors (Lipinski definition) is 2. The Morgan fingerprint density at radius 1 is 1.40 bits per heavy atom. The molecule has 1 fully saturated rings. The summed E-state index contributed by atoms with van der Waals surface area (Å²) in [6.45, 7) is 6.03. The van der Waals surface area contributed by atoms with Crippen LogP contribution in [0.5, 0.6) is 5.88 Å². The van der Waals surface area contributed by atoms with Crippen molar-refractivity contribution in [3.63, 3.8) is 0 Å². The molecule has 0 radical (unpaired) electrons. The number of rotatable bonds is 6. The molecule has 0 aromatic carbocycles. The van der Waals surface area contributed by atoms with Crippen LogP contribution >= 0.6 is 0 Å². The predicted octanol–water partition coefficient (Wildman–Crippen LogP) is 3.20. The lowest BCUT2D eigenvalue weighted by atomic mass is 10.0. The average Bonchev–Trinajstić information content (AvgIpc) is 2.70. The van der Waals surface area contributed by atoms with E-state index in [4.69, 9.17) is 4.74 Å². The van der Waals surface area contributed by atoms with Crippen LogP contribution in [-0.4, -0.2) is 30.2 Å². The minimum absolute atomic E-state index is 0.449. The van der Waals surface area contributed by atoms with E-state index in [2.05, 4.69) is 22.5 Å². The first-order valence-corrected chi connectivity index (χ1v) is 7.86. The lowest BCUT2D eigenvalue weighted by molar-refractivity contribution is 0.327. The van der Waals surface area contributed by atoms with Gasteiger partial charge in [-0.2, -0.15) is 0 Å². The van der Waals surface area contributed by atoms with Crippen LogP contribution in [0.2, 0.25) is 0 Å². The lowest BCUT2D eigenvalue weighted by Gasteiger charge is -2.22. The third kappa shape index (κ3) is 5.00. The first-order chi connectivity index (χ1) is 9.78. The minimum atomic E-state index is 0.449.